The second-order valence-electron chi connectivity index (χ2n) is 3.23. The summed E-state index contributed by atoms with van der Waals surface area (Å²) in [6.07, 6.45) is 3.52. The number of nitrogen functional groups attached to an aromatic ring is 1. The summed E-state index contributed by atoms with van der Waals surface area (Å²) in [5, 5.41) is 4.22. The van der Waals surface area contributed by atoms with Crippen LogP contribution in [0.4, 0.5) is 5.82 Å². The van der Waals surface area contributed by atoms with E-state index in [1.165, 1.54) is 0 Å². The van der Waals surface area contributed by atoms with Crippen molar-refractivity contribution >= 4 is 21.7 Å². The van der Waals surface area contributed by atoms with Crippen molar-refractivity contribution in [2.75, 3.05) is 5.73 Å². The fraction of sp³-hybridized carbons (Fsp3) is 0.222. The van der Waals surface area contributed by atoms with Gasteiger partial charge < -0.3 is 5.73 Å². The average Bonchev–Trinajstić information content (AvgIpc) is 2.50. The zero-order chi connectivity index (χ0) is 11.0. The highest BCUT2D eigenvalue weighted by atomic mass is 79.9. The Labute approximate surface area is 95.5 Å². The molecule has 2 aromatic rings. The van der Waals surface area contributed by atoms with Crippen LogP contribution in [0.5, 0.6) is 0 Å². The minimum absolute atomic E-state index is 0.434. The summed E-state index contributed by atoms with van der Waals surface area (Å²) in [6.45, 7) is 1.91. The lowest BCUT2D eigenvalue weighted by Gasteiger charge is -2.00. The molecule has 0 aliphatic heterocycles. The van der Waals surface area contributed by atoms with Crippen molar-refractivity contribution < 1.29 is 0 Å². The van der Waals surface area contributed by atoms with Crippen LogP contribution in [0.25, 0.3) is 11.4 Å². The van der Waals surface area contributed by atoms with Gasteiger partial charge in [-0.1, -0.05) is 0 Å². The minimum atomic E-state index is 0.434. The summed E-state index contributed by atoms with van der Waals surface area (Å²) < 4.78 is 2.43. The van der Waals surface area contributed by atoms with Gasteiger partial charge in [0.15, 0.2) is 5.82 Å². The van der Waals surface area contributed by atoms with Gasteiger partial charge in [0.05, 0.1) is 15.7 Å². The Kier molecular flexibility index (Phi) is 2.44. The van der Waals surface area contributed by atoms with E-state index in [9.17, 15) is 0 Å². The number of nitrogens with two attached hydrogens (primary N) is 1. The first-order chi connectivity index (χ1) is 7.08. The maximum atomic E-state index is 5.69. The number of anilines is 1. The average molecular weight is 268 g/mol. The Balaban J connectivity index is 2.54. The van der Waals surface area contributed by atoms with E-state index in [-0.39, 0.29) is 0 Å². The van der Waals surface area contributed by atoms with Gasteiger partial charge in [-0.3, -0.25) is 4.68 Å². The van der Waals surface area contributed by atoms with Crippen LogP contribution in [0.15, 0.2) is 16.9 Å². The molecule has 0 aliphatic rings. The van der Waals surface area contributed by atoms with Crippen molar-refractivity contribution in [3.63, 3.8) is 0 Å². The molecule has 5 nitrogen and oxygen atoms in total. The molecule has 0 unspecified atom stereocenters. The van der Waals surface area contributed by atoms with Gasteiger partial charge >= 0.3 is 0 Å². The molecule has 0 aliphatic carbocycles. The first kappa shape index (κ1) is 10.1. The number of hydrogen-bond acceptors (Lipinski definition) is 4. The van der Waals surface area contributed by atoms with Crippen molar-refractivity contribution in [3.05, 3.63) is 22.6 Å². The highest BCUT2D eigenvalue weighted by molar-refractivity contribution is 9.10. The smallest absolute Gasteiger partial charge is 0.165 e. The molecule has 0 spiro atoms. The molecule has 2 rings (SSSR count). The maximum Gasteiger partial charge on any atom is 0.165 e. The minimum Gasteiger partial charge on any atom is -0.383 e. The molecular formula is C9H10BrN5. The first-order valence-corrected chi connectivity index (χ1v) is 5.16. The Bertz CT molecular complexity index is 505. The third-order valence-electron chi connectivity index (χ3n) is 2.03. The molecule has 0 saturated heterocycles. The van der Waals surface area contributed by atoms with Crippen LogP contribution in [0.3, 0.4) is 0 Å². The lowest BCUT2D eigenvalue weighted by Crippen LogP contribution is -1.96. The summed E-state index contributed by atoms with van der Waals surface area (Å²) >= 11 is 3.25. The molecule has 0 saturated carbocycles. The second-order valence-corrected chi connectivity index (χ2v) is 4.08. The highest BCUT2D eigenvalue weighted by Crippen LogP contribution is 2.22. The van der Waals surface area contributed by atoms with Crippen LogP contribution in [0.1, 0.15) is 5.69 Å². The molecule has 0 bridgehead atoms. The summed E-state index contributed by atoms with van der Waals surface area (Å²) in [7, 11) is 1.86. The lowest BCUT2D eigenvalue weighted by molar-refractivity contribution is 0.756. The third-order valence-corrected chi connectivity index (χ3v) is 2.64. The lowest BCUT2D eigenvalue weighted by atomic mass is 10.2. The number of hydrogen-bond donors (Lipinski definition) is 1. The van der Waals surface area contributed by atoms with Crippen LogP contribution >= 0.6 is 15.9 Å². The Morgan fingerprint density at radius 3 is 2.73 bits per heavy atom. The molecule has 0 amide bonds. The molecule has 78 valence electrons. The molecule has 15 heavy (non-hydrogen) atoms. The van der Waals surface area contributed by atoms with Crippen molar-refractivity contribution in [2.24, 2.45) is 7.05 Å². The Morgan fingerprint density at radius 2 is 2.20 bits per heavy atom. The largest absolute Gasteiger partial charge is 0.383 e. The molecule has 0 aromatic carbocycles. The molecule has 6 heteroatoms. The predicted molar refractivity (Wildman–Crippen MR) is 61.1 cm³/mol. The number of rotatable bonds is 1. The molecule has 0 atom stereocenters. The zero-order valence-electron chi connectivity index (χ0n) is 8.40. The highest BCUT2D eigenvalue weighted by Gasteiger charge is 2.10. The van der Waals surface area contributed by atoms with E-state index in [0.29, 0.717) is 16.1 Å². The number of nitrogens with zero attached hydrogens (tertiary/aromatic N) is 4. The Morgan fingerprint density at radius 1 is 1.47 bits per heavy atom. The van der Waals surface area contributed by atoms with Crippen LogP contribution in [0.2, 0.25) is 0 Å². The second kappa shape index (κ2) is 3.62. The zero-order valence-corrected chi connectivity index (χ0v) is 9.98. The first-order valence-electron chi connectivity index (χ1n) is 4.36. The summed E-state index contributed by atoms with van der Waals surface area (Å²) in [6, 6.07) is 0. The molecular weight excluding hydrogens is 258 g/mol. The van der Waals surface area contributed by atoms with E-state index in [1.807, 2.05) is 20.2 Å². The summed E-state index contributed by atoms with van der Waals surface area (Å²) in [5.74, 6) is 1.03. The molecule has 0 radical (unpaired) electrons. The number of aryl methyl sites for hydroxylation is 2. The van der Waals surface area contributed by atoms with Crippen LogP contribution in [-0.2, 0) is 7.05 Å². The summed E-state index contributed by atoms with van der Waals surface area (Å²) in [5.41, 5.74) is 7.48. The van der Waals surface area contributed by atoms with E-state index in [0.717, 1.165) is 11.3 Å². The van der Waals surface area contributed by atoms with Gasteiger partial charge in [-0.25, -0.2) is 9.97 Å². The molecule has 0 fully saturated rings. The van der Waals surface area contributed by atoms with E-state index in [4.69, 9.17) is 5.73 Å². The van der Waals surface area contributed by atoms with Gasteiger partial charge in [-0.05, 0) is 22.9 Å². The van der Waals surface area contributed by atoms with Gasteiger partial charge in [0.1, 0.15) is 5.82 Å². The standard InChI is InChI=1S/C9H10BrN5/c1-5-6(4-15(2)14-5)9-12-3-7(10)8(11)13-9/h3-4H,1-2H3,(H2,11,12,13). The predicted octanol–water partition coefficient (Wildman–Crippen LogP) is 1.53. The molecule has 2 N–H and O–H groups in total. The van der Waals surface area contributed by atoms with Crippen LogP contribution in [0, 0.1) is 6.92 Å². The molecule has 2 heterocycles. The van der Waals surface area contributed by atoms with Gasteiger partial charge in [0, 0.05) is 19.4 Å². The fourth-order valence-electron chi connectivity index (χ4n) is 1.33. The Hall–Kier alpha value is -1.43. The number of aromatic nitrogens is 4. The van der Waals surface area contributed by atoms with Crippen LogP contribution < -0.4 is 5.73 Å². The third kappa shape index (κ3) is 1.85. The van der Waals surface area contributed by atoms with Gasteiger partial charge in [-0.2, -0.15) is 5.10 Å². The quantitative estimate of drug-likeness (QED) is 0.851. The SMILES string of the molecule is Cc1nn(C)cc1-c1ncc(Br)c(N)n1. The normalized spacial score (nSPS) is 10.6. The molecule has 2 aromatic heterocycles. The van der Waals surface area contributed by atoms with E-state index in [1.54, 1.807) is 10.9 Å². The van der Waals surface area contributed by atoms with E-state index in [2.05, 4.69) is 31.0 Å². The van der Waals surface area contributed by atoms with Gasteiger partial charge in [-0.15, -0.1) is 0 Å². The topological polar surface area (TPSA) is 69.6 Å². The van der Waals surface area contributed by atoms with Crippen LogP contribution in [-0.4, -0.2) is 19.7 Å². The van der Waals surface area contributed by atoms with Crippen molar-refractivity contribution in [3.8, 4) is 11.4 Å². The maximum absolute atomic E-state index is 5.69. The number of halogens is 1. The van der Waals surface area contributed by atoms with Crippen molar-refractivity contribution in [1.82, 2.24) is 19.7 Å². The van der Waals surface area contributed by atoms with E-state index < -0.39 is 0 Å². The van der Waals surface area contributed by atoms with Crippen molar-refractivity contribution in [1.29, 1.82) is 0 Å². The van der Waals surface area contributed by atoms with Gasteiger partial charge in [0.2, 0.25) is 0 Å². The monoisotopic (exact) mass is 267 g/mol. The van der Waals surface area contributed by atoms with E-state index >= 15 is 0 Å². The van der Waals surface area contributed by atoms with Crippen molar-refractivity contribution in [2.45, 2.75) is 6.92 Å². The van der Waals surface area contributed by atoms with Gasteiger partial charge in [0.25, 0.3) is 0 Å². The fourth-order valence-corrected chi connectivity index (χ4v) is 1.52. The summed E-state index contributed by atoms with van der Waals surface area (Å²) in [4.78, 5) is 8.38.